The molecule has 0 aliphatic rings. The van der Waals surface area contributed by atoms with E-state index in [2.05, 4.69) is 60.9 Å². The van der Waals surface area contributed by atoms with Crippen LogP contribution in [0.5, 0.6) is 0 Å². The summed E-state index contributed by atoms with van der Waals surface area (Å²) in [6.07, 6.45) is 1.50. The van der Waals surface area contributed by atoms with Gasteiger partial charge < -0.3 is 20.0 Å². The minimum atomic E-state index is 0.443. The molecule has 0 aliphatic heterocycles. The normalized spacial score (nSPS) is 11.1. The van der Waals surface area contributed by atoms with Crippen LogP contribution in [0.3, 0.4) is 0 Å². The second kappa shape index (κ2) is 8.47. The van der Waals surface area contributed by atoms with Gasteiger partial charge in [0.25, 0.3) is 0 Å². The molecule has 0 bridgehead atoms. The summed E-state index contributed by atoms with van der Waals surface area (Å²) < 4.78 is 7.63. The molecule has 8 nitrogen and oxygen atoms in total. The molecule has 0 saturated heterocycles. The Balaban J connectivity index is 1.64. The van der Waals surface area contributed by atoms with E-state index in [0.29, 0.717) is 17.6 Å². The van der Waals surface area contributed by atoms with Crippen LogP contribution in [0, 0.1) is 6.92 Å². The van der Waals surface area contributed by atoms with Crippen LogP contribution in [0.2, 0.25) is 0 Å². The predicted molar refractivity (Wildman–Crippen MR) is 135 cm³/mol. The Labute approximate surface area is 197 Å². The summed E-state index contributed by atoms with van der Waals surface area (Å²) in [7, 11) is 2.00. The number of anilines is 2. The summed E-state index contributed by atoms with van der Waals surface area (Å²) in [5.74, 6) is 1.46. The van der Waals surface area contributed by atoms with Crippen LogP contribution in [0.1, 0.15) is 12.8 Å². The summed E-state index contributed by atoms with van der Waals surface area (Å²) in [5.41, 5.74) is 14.1. The molecule has 0 atom stereocenters. The first-order valence-electron chi connectivity index (χ1n) is 10.9. The summed E-state index contributed by atoms with van der Waals surface area (Å²) in [5, 5.41) is 12.2. The molecule has 0 radical (unpaired) electrons. The lowest BCUT2D eigenvalue weighted by Gasteiger charge is -2.11. The second-order valence-corrected chi connectivity index (χ2v) is 8.33. The molecule has 0 aliphatic carbocycles. The molecule has 34 heavy (non-hydrogen) atoms. The van der Waals surface area contributed by atoms with Gasteiger partial charge >= 0.3 is 0 Å². The molecule has 0 fully saturated rings. The number of nitrogens with zero attached hydrogens (tertiary/aromatic N) is 5. The van der Waals surface area contributed by atoms with Gasteiger partial charge in [-0.05, 0) is 42.3 Å². The van der Waals surface area contributed by atoms with Gasteiger partial charge in [0.2, 0.25) is 11.8 Å². The first-order valence-corrected chi connectivity index (χ1v) is 10.9. The third kappa shape index (κ3) is 3.79. The number of nitrogen functional groups attached to an aromatic ring is 1. The van der Waals surface area contributed by atoms with Gasteiger partial charge in [-0.2, -0.15) is 0 Å². The summed E-state index contributed by atoms with van der Waals surface area (Å²) in [4.78, 5) is 8.79. The highest BCUT2D eigenvalue weighted by molar-refractivity contribution is 6.07. The van der Waals surface area contributed by atoms with Crippen molar-refractivity contribution in [3.8, 4) is 33.8 Å². The van der Waals surface area contributed by atoms with Gasteiger partial charge in [-0.1, -0.05) is 36.4 Å². The smallest absolute Gasteiger partial charge is 0.247 e. The molecule has 0 saturated carbocycles. The zero-order valence-electron chi connectivity index (χ0n) is 19.3. The quantitative estimate of drug-likeness (QED) is 0.340. The van der Waals surface area contributed by atoms with Crippen molar-refractivity contribution in [2.75, 3.05) is 17.6 Å². The molecule has 2 aromatic carbocycles. The minimum Gasteiger partial charge on any atom is -0.421 e. The number of aryl methyl sites for hydroxylation is 2. The average molecular weight is 452 g/mol. The van der Waals surface area contributed by atoms with E-state index in [1.54, 1.807) is 6.92 Å². The lowest BCUT2D eigenvalue weighted by atomic mass is 9.97. The Kier molecular flexibility index (Phi) is 5.33. The molecular formula is C26H25N7O. The maximum atomic E-state index is 6.35. The highest BCUT2D eigenvalue weighted by atomic mass is 16.4. The van der Waals surface area contributed by atoms with E-state index in [-0.39, 0.29) is 0 Å². The molecule has 0 amide bonds. The van der Waals surface area contributed by atoms with Crippen molar-refractivity contribution < 1.29 is 4.42 Å². The van der Waals surface area contributed by atoms with Gasteiger partial charge in [0, 0.05) is 37.3 Å². The van der Waals surface area contributed by atoms with Crippen molar-refractivity contribution in [3.63, 3.8) is 0 Å². The van der Waals surface area contributed by atoms with E-state index >= 15 is 0 Å². The van der Waals surface area contributed by atoms with E-state index in [0.717, 1.165) is 56.8 Å². The number of nitrogens with one attached hydrogen (secondary N) is 1. The van der Waals surface area contributed by atoms with Gasteiger partial charge in [0.15, 0.2) is 0 Å². The maximum absolute atomic E-state index is 6.35. The molecule has 3 N–H and O–H groups in total. The molecule has 0 unspecified atom stereocenters. The first-order chi connectivity index (χ1) is 16.4. The number of aromatic nitrogens is 5. The first kappa shape index (κ1) is 21.4. The highest BCUT2D eigenvalue weighted by Crippen LogP contribution is 2.42. The fourth-order valence-corrected chi connectivity index (χ4v) is 4.09. The lowest BCUT2D eigenvalue weighted by Crippen LogP contribution is -2.01. The average Bonchev–Trinajstić information content (AvgIpc) is 3.40. The SMILES string of the molecule is C=C(C)CNc1ccc(-c2c(-c3ccc(-c4nnc(C)o4)cc3)c3c(N)ncnc3n2C)cc1. The van der Waals surface area contributed by atoms with E-state index < -0.39 is 0 Å². The van der Waals surface area contributed by atoms with Crippen LogP contribution in [-0.2, 0) is 7.05 Å². The van der Waals surface area contributed by atoms with Crippen LogP contribution in [-0.4, -0.2) is 31.3 Å². The molecule has 3 aromatic heterocycles. The van der Waals surface area contributed by atoms with E-state index in [1.165, 1.54) is 6.33 Å². The lowest BCUT2D eigenvalue weighted by molar-refractivity contribution is 0.533. The number of benzene rings is 2. The molecule has 0 spiro atoms. The Morgan fingerprint density at radius 2 is 1.68 bits per heavy atom. The van der Waals surface area contributed by atoms with Gasteiger partial charge in [0.05, 0.1) is 11.1 Å². The van der Waals surface area contributed by atoms with E-state index in [9.17, 15) is 0 Å². The van der Waals surface area contributed by atoms with Gasteiger partial charge in [-0.25, -0.2) is 9.97 Å². The topological polar surface area (TPSA) is 108 Å². The molecule has 3 heterocycles. The summed E-state index contributed by atoms with van der Waals surface area (Å²) >= 11 is 0. The third-order valence-electron chi connectivity index (χ3n) is 5.70. The van der Waals surface area contributed by atoms with Crippen LogP contribution < -0.4 is 11.1 Å². The Morgan fingerprint density at radius 3 is 2.32 bits per heavy atom. The van der Waals surface area contributed by atoms with Crippen LogP contribution >= 0.6 is 0 Å². The van der Waals surface area contributed by atoms with Crippen molar-refractivity contribution in [1.29, 1.82) is 0 Å². The predicted octanol–water partition coefficient (Wildman–Crippen LogP) is 5.23. The van der Waals surface area contributed by atoms with Crippen molar-refractivity contribution >= 4 is 22.5 Å². The van der Waals surface area contributed by atoms with Crippen LogP contribution in [0.15, 0.2) is 71.4 Å². The molecular weight excluding hydrogens is 426 g/mol. The fraction of sp³-hybridized carbons (Fsp3) is 0.154. The molecule has 5 aromatic rings. The Hall–Kier alpha value is -4.46. The molecule has 170 valence electrons. The monoisotopic (exact) mass is 451 g/mol. The van der Waals surface area contributed by atoms with Crippen LogP contribution in [0.4, 0.5) is 11.5 Å². The summed E-state index contributed by atoms with van der Waals surface area (Å²) in [6.45, 7) is 8.45. The molecule has 8 heteroatoms. The minimum absolute atomic E-state index is 0.443. The third-order valence-corrected chi connectivity index (χ3v) is 5.70. The summed E-state index contributed by atoms with van der Waals surface area (Å²) in [6, 6.07) is 16.3. The van der Waals surface area contributed by atoms with Crippen molar-refractivity contribution in [2.45, 2.75) is 13.8 Å². The van der Waals surface area contributed by atoms with Crippen molar-refractivity contribution in [2.24, 2.45) is 7.05 Å². The Bertz CT molecular complexity index is 1500. The van der Waals surface area contributed by atoms with Gasteiger partial charge in [-0.3, -0.25) is 0 Å². The van der Waals surface area contributed by atoms with E-state index in [1.807, 2.05) is 38.2 Å². The standard InChI is InChI=1S/C26H25N7O/c1-15(2)13-28-20-11-9-18(10-12-20)23-21(22-24(27)29-14-30-25(22)33(23)4)17-5-7-19(8-6-17)26-32-31-16(3)34-26/h5-12,14,28H,1,13H2,2-4H3,(H2,27,29,30). The van der Waals surface area contributed by atoms with Gasteiger partial charge in [-0.15, -0.1) is 10.2 Å². The van der Waals surface area contributed by atoms with Gasteiger partial charge in [0.1, 0.15) is 17.8 Å². The maximum Gasteiger partial charge on any atom is 0.247 e. The zero-order chi connectivity index (χ0) is 23.8. The largest absolute Gasteiger partial charge is 0.421 e. The van der Waals surface area contributed by atoms with Crippen LogP contribution in [0.25, 0.3) is 44.9 Å². The number of hydrogen-bond donors (Lipinski definition) is 2. The molecule has 5 rings (SSSR count). The van der Waals surface area contributed by atoms with Crippen molar-refractivity contribution in [1.82, 2.24) is 24.7 Å². The number of hydrogen-bond acceptors (Lipinski definition) is 7. The number of fused-ring (bicyclic) bond motifs is 1. The number of nitrogens with two attached hydrogens (primary N) is 1. The fourth-order valence-electron chi connectivity index (χ4n) is 4.09. The Morgan fingerprint density at radius 1 is 1.00 bits per heavy atom. The zero-order valence-corrected chi connectivity index (χ0v) is 19.3. The number of rotatable bonds is 6. The van der Waals surface area contributed by atoms with Crippen molar-refractivity contribution in [3.05, 3.63) is 72.9 Å². The van der Waals surface area contributed by atoms with E-state index in [4.69, 9.17) is 10.2 Å². The highest BCUT2D eigenvalue weighted by Gasteiger charge is 2.22. The second-order valence-electron chi connectivity index (χ2n) is 8.33.